The number of β-lactam (4-membered cyclic amide) rings is 1. The van der Waals surface area contributed by atoms with E-state index in [0.717, 1.165) is 5.69 Å². The van der Waals surface area contributed by atoms with Crippen molar-refractivity contribution in [3.8, 4) is 0 Å². The third-order valence-electron chi connectivity index (χ3n) is 2.11. The third kappa shape index (κ3) is 1.30. The Morgan fingerprint density at radius 3 is 2.69 bits per heavy atom. The maximum Gasteiger partial charge on any atom is 0.245 e. The standard InChI is InChI=1S/C9H9ClN2O/c10-6-3-1-2-4-8(6)12-5-7(11)9(12)13/h1-4,7H,5,11H2. The van der Waals surface area contributed by atoms with E-state index in [4.69, 9.17) is 17.3 Å². The van der Waals surface area contributed by atoms with Crippen molar-refractivity contribution in [3.05, 3.63) is 29.3 Å². The van der Waals surface area contributed by atoms with Gasteiger partial charge in [0.2, 0.25) is 5.91 Å². The van der Waals surface area contributed by atoms with Crippen molar-refractivity contribution in [2.45, 2.75) is 6.04 Å². The molecule has 2 rings (SSSR count). The summed E-state index contributed by atoms with van der Waals surface area (Å²) in [5, 5.41) is 0.586. The van der Waals surface area contributed by atoms with Gasteiger partial charge in [-0.25, -0.2) is 0 Å². The number of halogens is 1. The molecule has 13 heavy (non-hydrogen) atoms. The van der Waals surface area contributed by atoms with Gasteiger partial charge in [-0.3, -0.25) is 4.79 Å². The largest absolute Gasteiger partial charge is 0.318 e. The fourth-order valence-electron chi connectivity index (χ4n) is 1.34. The van der Waals surface area contributed by atoms with E-state index in [-0.39, 0.29) is 11.9 Å². The molecule has 0 saturated carbocycles. The van der Waals surface area contributed by atoms with Crippen molar-refractivity contribution in [2.75, 3.05) is 11.4 Å². The minimum atomic E-state index is -0.351. The Kier molecular flexibility index (Phi) is 1.98. The Labute approximate surface area is 81.1 Å². The predicted octanol–water partition coefficient (Wildman–Crippen LogP) is 1.01. The fourth-order valence-corrected chi connectivity index (χ4v) is 1.58. The van der Waals surface area contributed by atoms with Gasteiger partial charge in [-0.15, -0.1) is 0 Å². The van der Waals surface area contributed by atoms with Gasteiger partial charge in [0.15, 0.2) is 0 Å². The van der Waals surface area contributed by atoms with Crippen LogP contribution in [0.2, 0.25) is 5.02 Å². The number of carbonyl (C=O) groups excluding carboxylic acids is 1. The number of benzene rings is 1. The molecule has 1 aromatic carbocycles. The number of nitrogens with two attached hydrogens (primary N) is 1. The zero-order valence-electron chi connectivity index (χ0n) is 6.90. The van der Waals surface area contributed by atoms with Crippen LogP contribution in [0.1, 0.15) is 0 Å². The molecule has 1 fully saturated rings. The molecule has 2 N–H and O–H groups in total. The number of hydrogen-bond donors (Lipinski definition) is 1. The summed E-state index contributed by atoms with van der Waals surface area (Å²) < 4.78 is 0. The zero-order chi connectivity index (χ0) is 9.42. The summed E-state index contributed by atoms with van der Waals surface area (Å²) in [5.41, 5.74) is 6.21. The van der Waals surface area contributed by atoms with E-state index < -0.39 is 0 Å². The van der Waals surface area contributed by atoms with Crippen LogP contribution in [-0.2, 0) is 4.79 Å². The average Bonchev–Trinajstić information content (AvgIpc) is 2.15. The van der Waals surface area contributed by atoms with E-state index in [1.165, 1.54) is 0 Å². The molecule has 3 nitrogen and oxygen atoms in total. The molecule has 1 unspecified atom stereocenters. The van der Waals surface area contributed by atoms with Crippen LogP contribution in [0.4, 0.5) is 5.69 Å². The molecule has 1 aliphatic rings. The van der Waals surface area contributed by atoms with E-state index >= 15 is 0 Å². The van der Waals surface area contributed by atoms with Crippen LogP contribution in [0, 0.1) is 0 Å². The van der Waals surface area contributed by atoms with Crippen molar-refractivity contribution in [2.24, 2.45) is 5.73 Å². The molecular formula is C9H9ClN2O. The first-order valence-electron chi connectivity index (χ1n) is 4.01. The van der Waals surface area contributed by atoms with E-state index in [1.54, 1.807) is 11.0 Å². The molecule has 68 valence electrons. The lowest BCUT2D eigenvalue weighted by Crippen LogP contribution is -2.61. The number of amides is 1. The number of para-hydroxylation sites is 1. The molecular weight excluding hydrogens is 188 g/mol. The summed E-state index contributed by atoms with van der Waals surface area (Å²) >= 11 is 5.91. The molecule has 1 amide bonds. The van der Waals surface area contributed by atoms with Gasteiger partial charge in [-0.05, 0) is 12.1 Å². The van der Waals surface area contributed by atoms with E-state index in [1.807, 2.05) is 18.2 Å². The van der Waals surface area contributed by atoms with Crippen LogP contribution < -0.4 is 10.6 Å². The van der Waals surface area contributed by atoms with Crippen LogP contribution >= 0.6 is 11.6 Å². The van der Waals surface area contributed by atoms with Gasteiger partial charge in [0.1, 0.15) is 6.04 Å². The van der Waals surface area contributed by atoms with Gasteiger partial charge in [-0.1, -0.05) is 23.7 Å². The molecule has 0 bridgehead atoms. The van der Waals surface area contributed by atoms with Gasteiger partial charge in [-0.2, -0.15) is 0 Å². The smallest absolute Gasteiger partial charge is 0.245 e. The Balaban J connectivity index is 2.28. The fraction of sp³-hybridized carbons (Fsp3) is 0.222. The number of carbonyl (C=O) groups is 1. The molecule has 0 radical (unpaired) electrons. The minimum Gasteiger partial charge on any atom is -0.318 e. The molecule has 1 saturated heterocycles. The van der Waals surface area contributed by atoms with Crippen molar-refractivity contribution in [1.29, 1.82) is 0 Å². The Morgan fingerprint density at radius 2 is 2.15 bits per heavy atom. The number of nitrogens with zero attached hydrogens (tertiary/aromatic N) is 1. The highest BCUT2D eigenvalue weighted by atomic mass is 35.5. The van der Waals surface area contributed by atoms with Crippen molar-refractivity contribution >= 4 is 23.2 Å². The van der Waals surface area contributed by atoms with Gasteiger partial charge in [0.25, 0.3) is 0 Å². The van der Waals surface area contributed by atoms with Crippen LogP contribution in [0.3, 0.4) is 0 Å². The Bertz CT molecular complexity index is 353. The first-order valence-corrected chi connectivity index (χ1v) is 4.39. The molecule has 1 aromatic rings. The van der Waals surface area contributed by atoms with Gasteiger partial charge in [0.05, 0.1) is 17.3 Å². The Hall–Kier alpha value is -1.06. The lowest BCUT2D eigenvalue weighted by molar-refractivity contribution is -0.123. The summed E-state index contributed by atoms with van der Waals surface area (Å²) in [7, 11) is 0. The van der Waals surface area contributed by atoms with Crippen LogP contribution in [0.25, 0.3) is 0 Å². The highest BCUT2D eigenvalue weighted by Crippen LogP contribution is 2.28. The summed E-state index contributed by atoms with van der Waals surface area (Å²) in [5.74, 6) is -0.0619. The van der Waals surface area contributed by atoms with Crippen molar-refractivity contribution < 1.29 is 4.79 Å². The highest BCUT2D eigenvalue weighted by molar-refractivity contribution is 6.34. The van der Waals surface area contributed by atoms with Gasteiger partial charge in [0, 0.05) is 0 Å². The van der Waals surface area contributed by atoms with Crippen molar-refractivity contribution in [3.63, 3.8) is 0 Å². The average molecular weight is 197 g/mol. The normalized spacial score (nSPS) is 21.5. The SMILES string of the molecule is NC1CN(c2ccccc2Cl)C1=O. The second-order valence-electron chi connectivity index (χ2n) is 3.01. The third-order valence-corrected chi connectivity index (χ3v) is 2.43. The Morgan fingerprint density at radius 1 is 1.46 bits per heavy atom. The number of anilines is 1. The lowest BCUT2D eigenvalue weighted by Gasteiger charge is -2.36. The quantitative estimate of drug-likeness (QED) is 0.682. The maximum absolute atomic E-state index is 11.3. The number of rotatable bonds is 1. The minimum absolute atomic E-state index is 0.0619. The highest BCUT2D eigenvalue weighted by Gasteiger charge is 2.35. The monoisotopic (exact) mass is 196 g/mol. The second-order valence-corrected chi connectivity index (χ2v) is 3.41. The second kappa shape index (κ2) is 3.01. The van der Waals surface area contributed by atoms with Gasteiger partial charge >= 0.3 is 0 Å². The molecule has 1 aliphatic heterocycles. The van der Waals surface area contributed by atoms with E-state index in [2.05, 4.69) is 0 Å². The summed E-state index contributed by atoms with van der Waals surface area (Å²) in [4.78, 5) is 12.8. The maximum atomic E-state index is 11.3. The summed E-state index contributed by atoms with van der Waals surface area (Å²) in [6, 6.07) is 6.89. The van der Waals surface area contributed by atoms with Crippen LogP contribution in [0.5, 0.6) is 0 Å². The molecule has 0 aromatic heterocycles. The van der Waals surface area contributed by atoms with E-state index in [0.29, 0.717) is 11.6 Å². The van der Waals surface area contributed by atoms with E-state index in [9.17, 15) is 4.79 Å². The first kappa shape index (κ1) is 8.53. The molecule has 0 spiro atoms. The molecule has 4 heteroatoms. The zero-order valence-corrected chi connectivity index (χ0v) is 7.66. The molecule has 0 aliphatic carbocycles. The van der Waals surface area contributed by atoms with Crippen LogP contribution in [0.15, 0.2) is 24.3 Å². The first-order chi connectivity index (χ1) is 6.20. The molecule has 1 heterocycles. The lowest BCUT2D eigenvalue weighted by atomic mass is 10.1. The predicted molar refractivity (Wildman–Crippen MR) is 51.8 cm³/mol. The number of hydrogen-bond acceptors (Lipinski definition) is 2. The van der Waals surface area contributed by atoms with Crippen molar-refractivity contribution in [1.82, 2.24) is 0 Å². The van der Waals surface area contributed by atoms with Gasteiger partial charge < -0.3 is 10.6 Å². The summed E-state index contributed by atoms with van der Waals surface area (Å²) in [6.45, 7) is 0.558. The summed E-state index contributed by atoms with van der Waals surface area (Å²) in [6.07, 6.45) is 0. The van der Waals surface area contributed by atoms with Crippen LogP contribution in [-0.4, -0.2) is 18.5 Å². The molecule has 1 atom stereocenters. The topological polar surface area (TPSA) is 46.3 Å².